The fourth-order valence-corrected chi connectivity index (χ4v) is 4.31. The van der Waals surface area contributed by atoms with E-state index in [1.807, 2.05) is 6.07 Å². The molecular formula is C21H23N3S. The molecule has 0 saturated carbocycles. The molecule has 0 unspecified atom stereocenters. The van der Waals surface area contributed by atoms with Crippen LogP contribution >= 0.6 is 11.3 Å². The molecule has 1 saturated heterocycles. The molecule has 3 aromatic rings. The molecule has 4 heteroatoms. The number of aliphatic imine (C=N–C) groups is 1. The van der Waals surface area contributed by atoms with E-state index in [1.165, 1.54) is 15.8 Å². The molecule has 1 fully saturated rings. The van der Waals surface area contributed by atoms with Gasteiger partial charge < -0.3 is 4.90 Å². The van der Waals surface area contributed by atoms with Gasteiger partial charge in [0, 0.05) is 5.56 Å². The van der Waals surface area contributed by atoms with Crippen molar-refractivity contribution in [2.75, 3.05) is 20.1 Å². The van der Waals surface area contributed by atoms with Gasteiger partial charge in [0.25, 0.3) is 0 Å². The molecule has 0 bridgehead atoms. The van der Waals surface area contributed by atoms with Crippen LogP contribution in [0.15, 0.2) is 53.5 Å². The highest BCUT2D eigenvalue weighted by Crippen LogP contribution is 2.26. The van der Waals surface area contributed by atoms with Gasteiger partial charge in [-0.15, -0.1) is 11.3 Å². The quantitative estimate of drug-likeness (QED) is 0.650. The normalized spacial score (nSPS) is 17.3. The van der Waals surface area contributed by atoms with E-state index in [0.29, 0.717) is 6.04 Å². The number of aromatic nitrogens is 1. The number of hydrogen-bond acceptors (Lipinski definition) is 4. The Labute approximate surface area is 153 Å². The van der Waals surface area contributed by atoms with Crippen molar-refractivity contribution < 1.29 is 0 Å². The van der Waals surface area contributed by atoms with Crippen LogP contribution < -0.4 is 0 Å². The van der Waals surface area contributed by atoms with Gasteiger partial charge in [-0.2, -0.15) is 0 Å². The Hall–Kier alpha value is -2.04. The summed E-state index contributed by atoms with van der Waals surface area (Å²) in [4.78, 5) is 12.4. The summed E-state index contributed by atoms with van der Waals surface area (Å²) in [7, 11) is 2.19. The molecule has 3 nitrogen and oxygen atoms in total. The number of nitrogens with zero attached hydrogens (tertiary/aromatic N) is 3. The Morgan fingerprint density at radius 2 is 1.92 bits per heavy atom. The van der Waals surface area contributed by atoms with Crippen LogP contribution in [0.25, 0.3) is 10.2 Å². The lowest BCUT2D eigenvalue weighted by molar-refractivity contribution is 0.257. The van der Waals surface area contributed by atoms with E-state index < -0.39 is 0 Å². The monoisotopic (exact) mass is 349 g/mol. The van der Waals surface area contributed by atoms with E-state index in [4.69, 9.17) is 9.98 Å². The zero-order chi connectivity index (χ0) is 17.2. The van der Waals surface area contributed by atoms with Crippen LogP contribution in [0.1, 0.15) is 29.0 Å². The zero-order valence-corrected chi connectivity index (χ0v) is 15.6. The Bertz CT molecular complexity index is 871. The zero-order valence-electron chi connectivity index (χ0n) is 14.8. The van der Waals surface area contributed by atoms with Crippen LogP contribution in [0, 0.1) is 6.92 Å². The van der Waals surface area contributed by atoms with Crippen molar-refractivity contribution in [2.24, 2.45) is 4.99 Å². The van der Waals surface area contributed by atoms with Gasteiger partial charge in [-0.3, -0.25) is 4.99 Å². The Balaban J connectivity index is 1.77. The maximum Gasteiger partial charge on any atom is 0.143 e. The van der Waals surface area contributed by atoms with Crippen LogP contribution in [-0.2, 0) is 0 Å². The molecule has 128 valence electrons. The lowest BCUT2D eigenvalue weighted by Crippen LogP contribution is -2.32. The van der Waals surface area contributed by atoms with Gasteiger partial charge in [0.1, 0.15) is 10.7 Å². The maximum atomic E-state index is 5.18. The fraction of sp³-hybridized carbons (Fsp3) is 0.333. The summed E-state index contributed by atoms with van der Waals surface area (Å²) in [5.74, 6) is 0. The van der Waals surface area contributed by atoms with E-state index >= 15 is 0 Å². The molecule has 25 heavy (non-hydrogen) atoms. The number of rotatable bonds is 3. The third-order valence-corrected chi connectivity index (χ3v) is 5.83. The Morgan fingerprint density at radius 3 is 2.68 bits per heavy atom. The highest BCUT2D eigenvalue weighted by atomic mass is 32.1. The van der Waals surface area contributed by atoms with E-state index in [0.717, 1.165) is 42.2 Å². The summed E-state index contributed by atoms with van der Waals surface area (Å²) in [6.45, 7) is 4.37. The number of para-hydroxylation sites is 1. The first-order valence-corrected chi connectivity index (χ1v) is 9.70. The van der Waals surface area contributed by atoms with Crippen LogP contribution in [0.4, 0.5) is 0 Å². The smallest absolute Gasteiger partial charge is 0.143 e. The standard InChI is InChI=1S/C21H23N3S/c1-15-6-5-7-16(14-15)20(22-17-10-12-24(2)13-11-17)21-23-18-8-3-4-9-19(18)25-21/h3-9,14,17H,10-13H2,1-2H3/b22-20+. The van der Waals surface area contributed by atoms with Gasteiger partial charge >= 0.3 is 0 Å². The van der Waals surface area contributed by atoms with Gasteiger partial charge in [0.2, 0.25) is 0 Å². The average Bonchev–Trinajstić information content (AvgIpc) is 3.05. The molecule has 1 aromatic heterocycles. The molecule has 0 atom stereocenters. The molecule has 2 heterocycles. The molecule has 0 N–H and O–H groups in total. The minimum Gasteiger partial charge on any atom is -0.306 e. The summed E-state index contributed by atoms with van der Waals surface area (Å²) in [6.07, 6.45) is 2.24. The SMILES string of the molecule is Cc1cccc(/C(=N\C2CCN(C)CC2)c2nc3ccccc3s2)c1. The number of aryl methyl sites for hydroxylation is 1. The van der Waals surface area contributed by atoms with Crippen molar-refractivity contribution in [3.8, 4) is 0 Å². The Morgan fingerprint density at radius 1 is 1.12 bits per heavy atom. The summed E-state index contributed by atoms with van der Waals surface area (Å²) in [5.41, 5.74) is 4.55. The Kier molecular flexibility index (Phi) is 4.64. The number of fused-ring (bicyclic) bond motifs is 1. The lowest BCUT2D eigenvalue weighted by atomic mass is 10.0. The topological polar surface area (TPSA) is 28.5 Å². The summed E-state index contributed by atoms with van der Waals surface area (Å²) < 4.78 is 1.22. The number of thiazole rings is 1. The number of benzene rings is 2. The third kappa shape index (κ3) is 3.65. The number of piperidine rings is 1. The molecule has 1 aliphatic heterocycles. The summed E-state index contributed by atoms with van der Waals surface area (Å²) in [5, 5.41) is 1.03. The van der Waals surface area contributed by atoms with E-state index in [2.05, 4.69) is 61.3 Å². The first kappa shape index (κ1) is 16.4. The van der Waals surface area contributed by atoms with Crippen LogP contribution in [0.3, 0.4) is 0 Å². The molecule has 0 spiro atoms. The van der Waals surface area contributed by atoms with Gasteiger partial charge in [-0.05, 0) is 58.1 Å². The van der Waals surface area contributed by atoms with E-state index in [-0.39, 0.29) is 0 Å². The fourth-order valence-electron chi connectivity index (χ4n) is 3.33. The van der Waals surface area contributed by atoms with Crippen molar-refractivity contribution >= 4 is 27.3 Å². The third-order valence-electron chi connectivity index (χ3n) is 4.79. The summed E-state index contributed by atoms with van der Waals surface area (Å²) >= 11 is 1.74. The second-order valence-corrected chi connectivity index (χ2v) is 7.90. The molecule has 0 radical (unpaired) electrons. The van der Waals surface area contributed by atoms with Gasteiger partial charge in [0.15, 0.2) is 0 Å². The molecule has 0 amide bonds. The molecule has 4 rings (SSSR count). The first-order valence-electron chi connectivity index (χ1n) is 8.88. The molecule has 0 aliphatic carbocycles. The van der Waals surface area contributed by atoms with Crippen molar-refractivity contribution in [3.05, 3.63) is 64.7 Å². The predicted molar refractivity (Wildman–Crippen MR) is 107 cm³/mol. The van der Waals surface area contributed by atoms with Crippen LogP contribution in [-0.4, -0.2) is 41.8 Å². The molecule has 1 aliphatic rings. The highest BCUT2D eigenvalue weighted by Gasteiger charge is 2.19. The number of likely N-dealkylation sites (tertiary alicyclic amines) is 1. The minimum absolute atomic E-state index is 0.388. The maximum absolute atomic E-state index is 5.18. The average molecular weight is 350 g/mol. The van der Waals surface area contributed by atoms with Gasteiger partial charge in [0.05, 0.1) is 16.3 Å². The van der Waals surface area contributed by atoms with Crippen LogP contribution in [0.5, 0.6) is 0 Å². The van der Waals surface area contributed by atoms with Crippen LogP contribution in [0.2, 0.25) is 0 Å². The minimum atomic E-state index is 0.388. The van der Waals surface area contributed by atoms with Gasteiger partial charge in [-0.1, -0.05) is 35.9 Å². The molecular weight excluding hydrogens is 326 g/mol. The summed E-state index contributed by atoms with van der Waals surface area (Å²) in [6, 6.07) is 17.4. The second kappa shape index (κ2) is 7.06. The molecule has 2 aromatic carbocycles. The van der Waals surface area contributed by atoms with Gasteiger partial charge in [-0.25, -0.2) is 4.98 Å². The number of hydrogen-bond donors (Lipinski definition) is 0. The van der Waals surface area contributed by atoms with Crippen molar-refractivity contribution in [1.82, 2.24) is 9.88 Å². The second-order valence-electron chi connectivity index (χ2n) is 6.87. The van der Waals surface area contributed by atoms with Crippen molar-refractivity contribution in [2.45, 2.75) is 25.8 Å². The predicted octanol–water partition coefficient (Wildman–Crippen LogP) is 4.54. The largest absolute Gasteiger partial charge is 0.306 e. The van der Waals surface area contributed by atoms with Crippen molar-refractivity contribution in [1.29, 1.82) is 0 Å². The highest BCUT2D eigenvalue weighted by molar-refractivity contribution is 7.20. The van der Waals surface area contributed by atoms with E-state index in [9.17, 15) is 0 Å². The first-order chi connectivity index (χ1) is 12.2. The van der Waals surface area contributed by atoms with E-state index in [1.54, 1.807) is 11.3 Å². The lowest BCUT2D eigenvalue weighted by Gasteiger charge is -2.27. The van der Waals surface area contributed by atoms with Crippen molar-refractivity contribution in [3.63, 3.8) is 0 Å².